The second-order valence-electron chi connectivity index (χ2n) is 9.73. The first-order valence-electron chi connectivity index (χ1n) is 12.6. The molecule has 7 nitrogen and oxygen atoms in total. The van der Waals surface area contributed by atoms with Crippen molar-refractivity contribution in [3.8, 4) is 0 Å². The first-order valence-corrected chi connectivity index (χ1v) is 12.6. The smallest absolute Gasteiger partial charge is 0.0827 e. The molecule has 0 radical (unpaired) electrons. The maximum absolute atomic E-state index is 5.66. The molecule has 0 N–H and O–H groups in total. The van der Waals surface area contributed by atoms with Gasteiger partial charge in [-0.15, -0.1) is 5.10 Å². The monoisotopic (exact) mass is 455 g/mol. The van der Waals surface area contributed by atoms with Crippen LogP contribution in [0.1, 0.15) is 78.8 Å². The molecule has 0 bridgehead atoms. The Kier molecular flexibility index (Phi) is 16.7. The van der Waals surface area contributed by atoms with Gasteiger partial charge in [0.2, 0.25) is 0 Å². The zero-order valence-electron chi connectivity index (χ0n) is 21.4. The average Bonchev–Trinajstić information content (AvgIpc) is 3.19. The van der Waals surface area contributed by atoms with Gasteiger partial charge in [0.1, 0.15) is 0 Å². The molecule has 0 atom stereocenters. The van der Waals surface area contributed by atoms with Crippen LogP contribution in [0.25, 0.3) is 0 Å². The van der Waals surface area contributed by atoms with Crippen LogP contribution in [0.4, 0.5) is 0 Å². The molecule has 0 unspecified atom stereocenters. The highest BCUT2D eigenvalue weighted by Crippen LogP contribution is 2.26. The summed E-state index contributed by atoms with van der Waals surface area (Å²) in [7, 11) is 0. The molecule has 0 aromatic carbocycles. The largest absolute Gasteiger partial charge is 0.379 e. The van der Waals surface area contributed by atoms with Gasteiger partial charge in [0.15, 0.2) is 0 Å². The molecule has 7 heteroatoms. The summed E-state index contributed by atoms with van der Waals surface area (Å²) >= 11 is 0. The van der Waals surface area contributed by atoms with Crippen molar-refractivity contribution in [1.82, 2.24) is 15.0 Å². The lowest BCUT2D eigenvalue weighted by molar-refractivity contribution is -0.00544. The van der Waals surface area contributed by atoms with E-state index in [1.165, 1.54) is 32.1 Å². The zero-order chi connectivity index (χ0) is 23.5. The van der Waals surface area contributed by atoms with Crippen molar-refractivity contribution in [1.29, 1.82) is 0 Å². The maximum Gasteiger partial charge on any atom is 0.0827 e. The summed E-state index contributed by atoms with van der Waals surface area (Å²) in [6.45, 7) is 17.1. The third-order valence-electron chi connectivity index (χ3n) is 5.48. The van der Waals surface area contributed by atoms with Gasteiger partial charge in [-0.3, -0.25) is 0 Å². The van der Waals surface area contributed by atoms with E-state index in [0.717, 1.165) is 37.6 Å². The Balaban J connectivity index is 1.85. The van der Waals surface area contributed by atoms with Crippen molar-refractivity contribution in [2.24, 2.45) is 11.3 Å². The molecule has 0 spiro atoms. The van der Waals surface area contributed by atoms with Gasteiger partial charge < -0.3 is 18.9 Å². The fraction of sp³-hybridized carbons (Fsp3) is 0.920. The summed E-state index contributed by atoms with van der Waals surface area (Å²) in [5.74, 6) is 0.775. The highest BCUT2D eigenvalue weighted by molar-refractivity contribution is 4.92. The van der Waals surface area contributed by atoms with Crippen molar-refractivity contribution in [2.75, 3.05) is 52.9 Å². The molecule has 0 aliphatic rings. The summed E-state index contributed by atoms with van der Waals surface area (Å²) in [5.41, 5.74) is 1.44. The Bertz CT molecular complexity index is 549. The molecule has 1 rings (SSSR count). The molecule has 1 aromatic heterocycles. The van der Waals surface area contributed by atoms with Crippen LogP contribution in [0.5, 0.6) is 0 Å². The van der Waals surface area contributed by atoms with Crippen molar-refractivity contribution in [2.45, 2.75) is 86.1 Å². The highest BCUT2D eigenvalue weighted by atomic mass is 16.6. The van der Waals surface area contributed by atoms with Crippen LogP contribution < -0.4 is 0 Å². The Morgan fingerprint density at radius 1 is 0.844 bits per heavy atom. The fourth-order valence-corrected chi connectivity index (χ4v) is 3.49. The van der Waals surface area contributed by atoms with E-state index in [1.54, 1.807) is 0 Å². The molecule has 32 heavy (non-hydrogen) atoms. The van der Waals surface area contributed by atoms with Crippen molar-refractivity contribution >= 4 is 0 Å². The molecular formula is C25H49N3O4. The van der Waals surface area contributed by atoms with Crippen molar-refractivity contribution < 1.29 is 18.9 Å². The second-order valence-corrected chi connectivity index (χ2v) is 9.73. The van der Waals surface area contributed by atoms with E-state index < -0.39 is 0 Å². The van der Waals surface area contributed by atoms with Gasteiger partial charge in [0.05, 0.1) is 58.5 Å². The van der Waals surface area contributed by atoms with E-state index in [4.69, 9.17) is 18.9 Å². The van der Waals surface area contributed by atoms with Crippen molar-refractivity contribution in [3.05, 3.63) is 11.9 Å². The SMILES string of the molecule is CCCC(C)(C)CCOCCOCCOCCOCCn1cc(CCCCC(C)C)nn1. The quantitative estimate of drug-likeness (QED) is 0.231. The third kappa shape index (κ3) is 16.6. The first-order chi connectivity index (χ1) is 15.4. The van der Waals surface area contributed by atoms with Gasteiger partial charge in [-0.25, -0.2) is 4.68 Å². The predicted octanol–water partition coefficient (Wildman–Crippen LogP) is 4.93. The molecule has 0 fully saturated rings. The van der Waals surface area contributed by atoms with Crippen LogP contribution in [0, 0.1) is 11.3 Å². The summed E-state index contributed by atoms with van der Waals surface area (Å²) in [6, 6.07) is 0. The minimum absolute atomic E-state index is 0.372. The lowest BCUT2D eigenvalue weighted by Crippen LogP contribution is -2.16. The number of hydrogen-bond donors (Lipinski definition) is 0. The second kappa shape index (κ2) is 18.4. The van der Waals surface area contributed by atoms with Crippen molar-refractivity contribution in [3.63, 3.8) is 0 Å². The van der Waals surface area contributed by atoms with E-state index in [0.29, 0.717) is 51.7 Å². The molecular weight excluding hydrogens is 406 g/mol. The molecule has 1 heterocycles. The van der Waals surface area contributed by atoms with E-state index in [1.807, 2.05) is 10.9 Å². The molecule has 0 saturated heterocycles. The van der Waals surface area contributed by atoms with Crippen LogP contribution >= 0.6 is 0 Å². The molecule has 188 valence electrons. The minimum atomic E-state index is 0.372. The zero-order valence-corrected chi connectivity index (χ0v) is 21.4. The van der Waals surface area contributed by atoms with E-state index >= 15 is 0 Å². The van der Waals surface area contributed by atoms with Crippen LogP contribution in [0.2, 0.25) is 0 Å². The van der Waals surface area contributed by atoms with Crippen LogP contribution in [-0.2, 0) is 31.9 Å². The first kappa shape index (κ1) is 29.0. The van der Waals surface area contributed by atoms with Crippen LogP contribution in [-0.4, -0.2) is 67.8 Å². The van der Waals surface area contributed by atoms with Gasteiger partial charge in [-0.05, 0) is 37.0 Å². The fourth-order valence-electron chi connectivity index (χ4n) is 3.49. The van der Waals surface area contributed by atoms with Gasteiger partial charge in [0.25, 0.3) is 0 Å². The van der Waals surface area contributed by atoms with Gasteiger partial charge >= 0.3 is 0 Å². The van der Waals surface area contributed by atoms with Crippen LogP contribution in [0.15, 0.2) is 6.20 Å². The Morgan fingerprint density at radius 3 is 2.03 bits per heavy atom. The van der Waals surface area contributed by atoms with E-state index in [-0.39, 0.29) is 0 Å². The number of rotatable bonds is 22. The summed E-state index contributed by atoms with van der Waals surface area (Å²) in [6.07, 6.45) is 10.3. The Labute approximate surface area is 196 Å². The standard InChI is InChI=1S/C25H49N3O4/c1-6-11-25(4,5)12-14-29-16-18-31-20-21-32-19-17-30-15-13-28-22-24(26-27-28)10-8-7-9-23(2)3/h22-23H,6-21H2,1-5H3. The summed E-state index contributed by atoms with van der Waals surface area (Å²) in [5, 5.41) is 8.41. The average molecular weight is 456 g/mol. The number of aryl methyl sites for hydroxylation is 1. The number of ether oxygens (including phenoxy) is 4. The maximum atomic E-state index is 5.66. The number of hydrogen-bond acceptors (Lipinski definition) is 6. The Hall–Kier alpha value is -1.02. The topological polar surface area (TPSA) is 67.6 Å². The van der Waals surface area contributed by atoms with Gasteiger partial charge in [-0.1, -0.05) is 59.1 Å². The summed E-state index contributed by atoms with van der Waals surface area (Å²) < 4.78 is 24.2. The number of aromatic nitrogens is 3. The predicted molar refractivity (Wildman–Crippen MR) is 129 cm³/mol. The molecule has 0 aliphatic heterocycles. The number of unbranched alkanes of at least 4 members (excludes halogenated alkanes) is 1. The van der Waals surface area contributed by atoms with E-state index in [9.17, 15) is 0 Å². The molecule has 0 amide bonds. The third-order valence-corrected chi connectivity index (χ3v) is 5.48. The summed E-state index contributed by atoms with van der Waals surface area (Å²) in [4.78, 5) is 0. The molecule has 1 aromatic rings. The number of nitrogens with zero attached hydrogens (tertiary/aromatic N) is 3. The van der Waals surface area contributed by atoms with Gasteiger partial charge in [0, 0.05) is 12.8 Å². The molecule has 0 aliphatic carbocycles. The van der Waals surface area contributed by atoms with E-state index in [2.05, 4.69) is 44.9 Å². The van der Waals surface area contributed by atoms with Crippen LogP contribution in [0.3, 0.4) is 0 Å². The lowest BCUT2D eigenvalue weighted by Gasteiger charge is -2.23. The normalized spacial score (nSPS) is 12.2. The lowest BCUT2D eigenvalue weighted by atomic mass is 9.85. The minimum Gasteiger partial charge on any atom is -0.379 e. The van der Waals surface area contributed by atoms with Gasteiger partial charge in [-0.2, -0.15) is 0 Å². The highest BCUT2D eigenvalue weighted by Gasteiger charge is 2.15. The molecule has 0 saturated carbocycles. The Morgan fingerprint density at radius 2 is 1.44 bits per heavy atom.